The summed E-state index contributed by atoms with van der Waals surface area (Å²) >= 11 is 0.888. The van der Waals surface area contributed by atoms with E-state index in [-0.39, 0.29) is 0 Å². The van der Waals surface area contributed by atoms with Crippen molar-refractivity contribution in [3.8, 4) is 0 Å². The zero-order valence-corrected chi connectivity index (χ0v) is 34.8. The first kappa shape index (κ1) is 42.8. The van der Waals surface area contributed by atoms with Gasteiger partial charge in [0.15, 0.2) is 0 Å². The first-order chi connectivity index (χ1) is 26.6. The normalized spacial score (nSPS) is 13.7. The Kier molecular flexibility index (Phi) is 21.3. The van der Waals surface area contributed by atoms with Crippen LogP contribution >= 0.6 is 0 Å². The second-order valence-corrected chi connectivity index (χ2v) is 18.3. The molecule has 0 saturated carbocycles. The summed E-state index contributed by atoms with van der Waals surface area (Å²) in [5.41, 5.74) is 7.91. The number of rotatable bonds is 12. The van der Waals surface area contributed by atoms with E-state index < -0.39 is 0 Å². The van der Waals surface area contributed by atoms with Gasteiger partial charge in [0.05, 0.1) is 0 Å². The molecule has 0 aromatic heterocycles. The molecule has 6 aromatic rings. The summed E-state index contributed by atoms with van der Waals surface area (Å²) < 4.78 is 0. The van der Waals surface area contributed by atoms with Crippen LogP contribution in [0, 0.1) is 0 Å². The Morgan fingerprint density at radius 1 is 0.259 bits per heavy atom. The SMILES string of the molecule is CC[CH2]/[Cu](=[CH]/c1ccccc1)=[CH]\c1ccccc1.CC[CH2]/[Cu](=[CH]/c1ccccc1)=[CH]\c1ccccc1.CC[CH2]/[Cu](=[CH]/c1ccccc1)=[CH]\c1ccccc1. The van der Waals surface area contributed by atoms with E-state index in [0.29, 0.717) is 39.1 Å². The standard InChI is InChI=1S/6C7H6.3C3H7.3Cu/c6*1-7-5-3-2-4-6-7;3*1-3-2;;;/h6*1-6H;3*1,3H2,2H3;;;. The van der Waals surface area contributed by atoms with E-state index in [4.69, 9.17) is 0 Å². The van der Waals surface area contributed by atoms with Crippen LogP contribution in [0.25, 0.3) is 0 Å². The van der Waals surface area contributed by atoms with E-state index in [0.717, 1.165) is 0 Å². The van der Waals surface area contributed by atoms with E-state index in [2.05, 4.69) is 232 Å². The van der Waals surface area contributed by atoms with Crippen molar-refractivity contribution in [1.82, 2.24) is 0 Å². The quantitative estimate of drug-likeness (QED) is 0.108. The fourth-order valence-electron chi connectivity index (χ4n) is 4.70. The predicted molar refractivity (Wildman–Crippen MR) is 235 cm³/mol. The molecule has 0 aliphatic carbocycles. The van der Waals surface area contributed by atoms with E-state index in [1.165, 1.54) is 68.6 Å². The van der Waals surface area contributed by atoms with Gasteiger partial charge >= 0.3 is 340 Å². The molecule has 3 heteroatoms. The Morgan fingerprint density at radius 3 is 0.537 bits per heavy atom. The van der Waals surface area contributed by atoms with Gasteiger partial charge in [-0.1, -0.05) is 0 Å². The van der Waals surface area contributed by atoms with Crippen LogP contribution < -0.4 is 0 Å². The second-order valence-electron chi connectivity index (χ2n) is 12.0. The van der Waals surface area contributed by atoms with Crippen molar-refractivity contribution in [3.05, 3.63) is 215 Å². The molecule has 0 aliphatic heterocycles. The molecular formula is C51H57Cu3. The van der Waals surface area contributed by atoms with Gasteiger partial charge in [0.25, 0.3) is 0 Å². The third-order valence-corrected chi connectivity index (χ3v) is 14.1. The van der Waals surface area contributed by atoms with Gasteiger partial charge in [0, 0.05) is 0 Å². The van der Waals surface area contributed by atoms with Crippen molar-refractivity contribution in [2.75, 3.05) is 0 Å². The molecule has 0 nitrogen and oxygen atoms in total. The van der Waals surface area contributed by atoms with E-state index >= 15 is 0 Å². The minimum atomic E-state index is 0.296. The van der Waals surface area contributed by atoms with Crippen LogP contribution in [0.1, 0.15) is 73.4 Å². The molecular weight excluding hydrogens is 803 g/mol. The number of hydrogen-bond donors (Lipinski definition) is 0. The molecule has 0 aliphatic rings. The summed E-state index contributed by atoms with van der Waals surface area (Å²) in [6, 6.07) is 63.6. The maximum atomic E-state index is 2.38. The maximum absolute atomic E-state index is 2.38. The molecule has 0 heterocycles. The van der Waals surface area contributed by atoms with E-state index in [9.17, 15) is 0 Å². The summed E-state index contributed by atoms with van der Waals surface area (Å²) in [6.07, 6.45) is 3.64. The Morgan fingerprint density at radius 2 is 0.407 bits per heavy atom. The predicted octanol–water partition coefficient (Wildman–Crippen LogP) is 12.4. The van der Waals surface area contributed by atoms with Gasteiger partial charge in [0.1, 0.15) is 0 Å². The van der Waals surface area contributed by atoms with Crippen LogP contribution in [0.3, 0.4) is 0 Å². The molecule has 0 bridgehead atoms. The summed E-state index contributed by atoms with van der Waals surface area (Å²) in [4.78, 5) is 14.3. The van der Waals surface area contributed by atoms with Gasteiger partial charge < -0.3 is 0 Å². The molecule has 0 N–H and O–H groups in total. The summed E-state index contributed by atoms with van der Waals surface area (Å²) in [6.45, 7) is 6.74. The first-order valence-electron chi connectivity index (χ1n) is 18.5. The van der Waals surface area contributed by atoms with E-state index in [1.54, 1.807) is 0 Å². The zero-order valence-electron chi connectivity index (χ0n) is 31.9. The summed E-state index contributed by atoms with van der Waals surface area (Å²) in [7, 11) is 0. The van der Waals surface area contributed by atoms with Crippen LogP contribution in [-0.4, -0.2) is 29.5 Å². The van der Waals surface area contributed by atoms with E-state index in [1.807, 2.05) is 0 Å². The first-order valence-corrected chi connectivity index (χ1v) is 23.8. The Bertz CT molecular complexity index is 1750. The van der Waals surface area contributed by atoms with Crippen LogP contribution in [-0.2, 0) is 39.1 Å². The van der Waals surface area contributed by atoms with Crippen molar-refractivity contribution in [1.29, 1.82) is 0 Å². The van der Waals surface area contributed by atoms with Gasteiger partial charge in [0.2, 0.25) is 0 Å². The van der Waals surface area contributed by atoms with Crippen LogP contribution in [0.4, 0.5) is 0 Å². The molecule has 0 saturated heterocycles. The Hall–Kier alpha value is -3.90. The molecule has 6 aromatic carbocycles. The molecule has 0 spiro atoms. The third kappa shape index (κ3) is 17.9. The van der Waals surface area contributed by atoms with Crippen molar-refractivity contribution in [3.63, 3.8) is 0 Å². The fraction of sp³-hybridized carbons (Fsp3) is 0.176. The second kappa shape index (κ2) is 26.8. The topological polar surface area (TPSA) is 0 Å². The average molecular weight is 861 g/mol. The van der Waals surface area contributed by atoms with Crippen LogP contribution in [0.15, 0.2) is 182 Å². The number of benzene rings is 6. The molecule has 0 amide bonds. The van der Waals surface area contributed by atoms with Crippen molar-refractivity contribution in [2.45, 2.75) is 56.0 Å². The van der Waals surface area contributed by atoms with Gasteiger partial charge in [-0.25, -0.2) is 0 Å². The average Bonchev–Trinajstić information content (AvgIpc) is 3.21. The molecule has 54 heavy (non-hydrogen) atoms. The fourth-order valence-corrected chi connectivity index (χ4v) is 10.9. The number of hydrogen-bond acceptors (Lipinski definition) is 0. The van der Waals surface area contributed by atoms with Gasteiger partial charge in [-0.05, 0) is 0 Å². The molecule has 294 valence electrons. The van der Waals surface area contributed by atoms with Crippen molar-refractivity contribution < 1.29 is 39.1 Å². The van der Waals surface area contributed by atoms with Crippen LogP contribution in [0.5, 0.6) is 0 Å². The summed E-state index contributed by atoms with van der Waals surface area (Å²) in [5, 5.41) is 3.66. The Balaban J connectivity index is 0.000000180. The van der Waals surface area contributed by atoms with Crippen molar-refractivity contribution >= 4 is 29.5 Å². The zero-order chi connectivity index (χ0) is 37.9. The molecule has 0 fully saturated rings. The monoisotopic (exact) mass is 858 g/mol. The molecule has 0 radical (unpaired) electrons. The van der Waals surface area contributed by atoms with Gasteiger partial charge in [-0.3, -0.25) is 0 Å². The summed E-state index contributed by atoms with van der Waals surface area (Å²) in [5.74, 6) is 0. The minimum absolute atomic E-state index is 0.296. The van der Waals surface area contributed by atoms with Crippen molar-refractivity contribution in [2.24, 2.45) is 0 Å². The molecule has 0 atom stereocenters. The molecule has 6 rings (SSSR count). The van der Waals surface area contributed by atoms with Gasteiger partial charge in [-0.15, -0.1) is 0 Å². The Labute approximate surface area is 337 Å². The third-order valence-electron chi connectivity index (χ3n) is 7.05. The van der Waals surface area contributed by atoms with Crippen LogP contribution in [0.2, 0.25) is 16.0 Å². The molecule has 0 unspecified atom stereocenters. The van der Waals surface area contributed by atoms with Gasteiger partial charge in [-0.2, -0.15) is 0 Å².